The number of nitrogens with one attached hydrogen (secondary N) is 1. The molecule has 1 heterocycles. The highest BCUT2D eigenvalue weighted by Gasteiger charge is 2.14. The average Bonchev–Trinajstić information content (AvgIpc) is 2.46. The van der Waals surface area contributed by atoms with E-state index < -0.39 is 0 Å². The van der Waals surface area contributed by atoms with Crippen molar-refractivity contribution in [1.82, 2.24) is 10.3 Å². The molecule has 0 fully saturated rings. The van der Waals surface area contributed by atoms with Crippen LogP contribution in [0, 0.1) is 6.92 Å². The van der Waals surface area contributed by atoms with Crippen LogP contribution in [0.4, 0.5) is 0 Å². The summed E-state index contributed by atoms with van der Waals surface area (Å²) in [6.45, 7) is 4.25. The van der Waals surface area contributed by atoms with Gasteiger partial charge >= 0.3 is 0 Å². The topological polar surface area (TPSA) is 24.9 Å². The molecular formula is C17H21BrN2. The van der Waals surface area contributed by atoms with Crippen LogP contribution >= 0.6 is 15.9 Å². The van der Waals surface area contributed by atoms with E-state index in [4.69, 9.17) is 0 Å². The van der Waals surface area contributed by atoms with Crippen molar-refractivity contribution in [2.45, 2.75) is 32.7 Å². The van der Waals surface area contributed by atoms with Gasteiger partial charge in [-0.25, -0.2) is 0 Å². The molecule has 1 N–H and O–H groups in total. The summed E-state index contributed by atoms with van der Waals surface area (Å²) in [5.41, 5.74) is 4.95. The van der Waals surface area contributed by atoms with Crippen LogP contribution in [0.25, 0.3) is 0 Å². The van der Waals surface area contributed by atoms with E-state index in [0.29, 0.717) is 0 Å². The zero-order valence-electron chi connectivity index (χ0n) is 12.3. The van der Waals surface area contributed by atoms with Crippen molar-refractivity contribution in [3.8, 4) is 0 Å². The Morgan fingerprint density at radius 2 is 2.05 bits per heavy atom. The summed E-state index contributed by atoms with van der Waals surface area (Å²) in [5, 5.41) is 3.39. The first kappa shape index (κ1) is 15.2. The van der Waals surface area contributed by atoms with Crippen molar-refractivity contribution in [3.05, 3.63) is 63.4 Å². The van der Waals surface area contributed by atoms with Crippen molar-refractivity contribution in [2.75, 3.05) is 7.05 Å². The van der Waals surface area contributed by atoms with Gasteiger partial charge in [-0.3, -0.25) is 4.98 Å². The highest BCUT2D eigenvalue weighted by atomic mass is 79.9. The van der Waals surface area contributed by atoms with Gasteiger partial charge in [0.25, 0.3) is 0 Å². The Labute approximate surface area is 129 Å². The predicted molar refractivity (Wildman–Crippen MR) is 88.0 cm³/mol. The maximum atomic E-state index is 4.55. The zero-order valence-corrected chi connectivity index (χ0v) is 13.9. The van der Waals surface area contributed by atoms with Gasteiger partial charge in [0.05, 0.1) is 0 Å². The molecule has 1 unspecified atom stereocenters. The van der Waals surface area contributed by atoms with Crippen LogP contribution in [0.5, 0.6) is 0 Å². The monoisotopic (exact) mass is 332 g/mol. The molecule has 0 aliphatic heterocycles. The summed E-state index contributed by atoms with van der Waals surface area (Å²) in [6, 6.07) is 11.1. The smallest absolute Gasteiger partial charge is 0.0422 e. The molecular weight excluding hydrogens is 312 g/mol. The first-order valence-electron chi connectivity index (χ1n) is 7.01. The second kappa shape index (κ2) is 7.00. The number of hydrogen-bond acceptors (Lipinski definition) is 2. The molecule has 0 saturated heterocycles. The summed E-state index contributed by atoms with van der Waals surface area (Å²) in [4.78, 5) is 4.55. The predicted octanol–water partition coefficient (Wildman–Crippen LogP) is 4.22. The maximum absolute atomic E-state index is 4.55. The molecule has 0 bridgehead atoms. The molecule has 1 aromatic heterocycles. The van der Waals surface area contributed by atoms with Crippen molar-refractivity contribution >= 4 is 15.9 Å². The van der Waals surface area contributed by atoms with E-state index >= 15 is 0 Å². The zero-order chi connectivity index (χ0) is 14.5. The molecule has 3 heteroatoms. The number of pyridine rings is 1. The molecule has 0 aliphatic carbocycles. The number of nitrogens with zero attached hydrogens (tertiary/aromatic N) is 1. The van der Waals surface area contributed by atoms with Gasteiger partial charge in [-0.1, -0.05) is 41.1 Å². The van der Waals surface area contributed by atoms with Gasteiger partial charge in [0.15, 0.2) is 0 Å². The standard InChI is InChI=1S/C17H21BrN2/c1-4-13-6-7-14(20-11-13)10-17(19-3)15-8-5-12(2)9-16(15)18/h5-9,11,17,19H,4,10H2,1-3H3. The number of aryl methyl sites for hydroxylation is 2. The van der Waals surface area contributed by atoms with Crippen LogP contribution in [0.2, 0.25) is 0 Å². The van der Waals surface area contributed by atoms with E-state index in [1.807, 2.05) is 13.2 Å². The number of rotatable bonds is 5. The second-order valence-corrected chi connectivity index (χ2v) is 5.94. The van der Waals surface area contributed by atoms with Crippen LogP contribution in [0.3, 0.4) is 0 Å². The van der Waals surface area contributed by atoms with E-state index in [-0.39, 0.29) is 6.04 Å². The lowest BCUT2D eigenvalue weighted by Crippen LogP contribution is -2.19. The molecule has 1 atom stereocenters. The Morgan fingerprint density at radius 3 is 2.60 bits per heavy atom. The lowest BCUT2D eigenvalue weighted by molar-refractivity contribution is 0.582. The van der Waals surface area contributed by atoms with Gasteiger partial charge in [0.2, 0.25) is 0 Å². The molecule has 106 valence electrons. The molecule has 0 saturated carbocycles. The number of aromatic nitrogens is 1. The second-order valence-electron chi connectivity index (χ2n) is 5.08. The molecule has 2 nitrogen and oxygen atoms in total. The fraction of sp³-hybridized carbons (Fsp3) is 0.353. The minimum atomic E-state index is 0.268. The molecule has 0 amide bonds. The Morgan fingerprint density at radius 1 is 1.25 bits per heavy atom. The number of benzene rings is 1. The van der Waals surface area contributed by atoms with E-state index in [9.17, 15) is 0 Å². The van der Waals surface area contributed by atoms with Gasteiger partial charge in [-0.15, -0.1) is 0 Å². The molecule has 1 aromatic carbocycles. The number of halogens is 1. The van der Waals surface area contributed by atoms with Gasteiger partial charge in [0, 0.05) is 28.8 Å². The lowest BCUT2D eigenvalue weighted by Gasteiger charge is -2.18. The minimum absolute atomic E-state index is 0.268. The summed E-state index contributed by atoms with van der Waals surface area (Å²) < 4.78 is 1.15. The van der Waals surface area contributed by atoms with Crippen molar-refractivity contribution in [3.63, 3.8) is 0 Å². The average molecular weight is 333 g/mol. The molecule has 2 aromatic rings. The van der Waals surface area contributed by atoms with Crippen molar-refractivity contribution in [2.24, 2.45) is 0 Å². The third-order valence-electron chi connectivity index (χ3n) is 3.59. The third-order valence-corrected chi connectivity index (χ3v) is 4.27. The first-order chi connectivity index (χ1) is 9.63. The van der Waals surface area contributed by atoms with E-state index in [0.717, 1.165) is 23.0 Å². The Bertz CT molecular complexity index is 564. The Balaban J connectivity index is 2.19. The lowest BCUT2D eigenvalue weighted by atomic mass is 10.0. The minimum Gasteiger partial charge on any atom is -0.313 e. The van der Waals surface area contributed by atoms with Crippen LogP contribution < -0.4 is 5.32 Å². The van der Waals surface area contributed by atoms with Crippen molar-refractivity contribution in [1.29, 1.82) is 0 Å². The highest BCUT2D eigenvalue weighted by Crippen LogP contribution is 2.26. The highest BCUT2D eigenvalue weighted by molar-refractivity contribution is 9.10. The molecule has 2 rings (SSSR count). The summed E-state index contributed by atoms with van der Waals surface area (Å²) in [7, 11) is 2.00. The largest absolute Gasteiger partial charge is 0.313 e. The molecule has 0 aliphatic rings. The summed E-state index contributed by atoms with van der Waals surface area (Å²) in [6.07, 6.45) is 3.90. The van der Waals surface area contributed by atoms with Gasteiger partial charge < -0.3 is 5.32 Å². The Kier molecular flexibility index (Phi) is 5.32. The van der Waals surface area contributed by atoms with Gasteiger partial charge in [0.1, 0.15) is 0 Å². The summed E-state index contributed by atoms with van der Waals surface area (Å²) >= 11 is 3.66. The van der Waals surface area contributed by atoms with Gasteiger partial charge in [-0.2, -0.15) is 0 Å². The third kappa shape index (κ3) is 3.68. The molecule has 0 spiro atoms. The van der Waals surface area contributed by atoms with Crippen LogP contribution in [0.15, 0.2) is 41.0 Å². The summed E-state index contributed by atoms with van der Waals surface area (Å²) in [5.74, 6) is 0. The molecule has 20 heavy (non-hydrogen) atoms. The number of hydrogen-bond donors (Lipinski definition) is 1. The fourth-order valence-electron chi connectivity index (χ4n) is 2.28. The van der Waals surface area contributed by atoms with Crippen LogP contribution in [-0.2, 0) is 12.8 Å². The van der Waals surface area contributed by atoms with E-state index in [2.05, 4.69) is 70.4 Å². The van der Waals surface area contributed by atoms with Gasteiger partial charge in [-0.05, 0) is 49.2 Å². The van der Waals surface area contributed by atoms with Crippen LogP contribution in [-0.4, -0.2) is 12.0 Å². The van der Waals surface area contributed by atoms with Crippen LogP contribution in [0.1, 0.15) is 35.3 Å². The number of likely N-dealkylation sites (N-methyl/N-ethyl adjacent to an activating group) is 1. The molecule has 0 radical (unpaired) electrons. The normalized spacial score (nSPS) is 12.4. The fourth-order valence-corrected chi connectivity index (χ4v) is 3.05. The van der Waals surface area contributed by atoms with E-state index in [1.54, 1.807) is 0 Å². The Hall–Kier alpha value is -1.19. The van der Waals surface area contributed by atoms with E-state index in [1.165, 1.54) is 16.7 Å². The SMILES string of the molecule is CCc1ccc(CC(NC)c2ccc(C)cc2Br)nc1. The quantitative estimate of drug-likeness (QED) is 0.886. The maximum Gasteiger partial charge on any atom is 0.0422 e. The first-order valence-corrected chi connectivity index (χ1v) is 7.80. The van der Waals surface area contributed by atoms with Crippen molar-refractivity contribution < 1.29 is 0 Å².